The predicted molar refractivity (Wildman–Crippen MR) is 97.6 cm³/mol. The Bertz CT molecular complexity index is 841. The van der Waals surface area contributed by atoms with Crippen molar-refractivity contribution in [2.24, 2.45) is 0 Å². The van der Waals surface area contributed by atoms with Gasteiger partial charge in [-0.15, -0.1) is 11.3 Å². The molecule has 0 bridgehead atoms. The van der Waals surface area contributed by atoms with Gasteiger partial charge in [0.05, 0.1) is 16.9 Å². The molecule has 0 N–H and O–H groups in total. The minimum absolute atomic E-state index is 0.204. The Hall–Kier alpha value is -1.25. The van der Waals surface area contributed by atoms with E-state index >= 15 is 0 Å². The van der Waals surface area contributed by atoms with Crippen LogP contribution in [0.1, 0.15) is 18.2 Å². The van der Waals surface area contributed by atoms with Crippen LogP contribution in [0.4, 0.5) is 5.82 Å². The van der Waals surface area contributed by atoms with Gasteiger partial charge < -0.3 is 4.90 Å². The smallest absolute Gasteiger partial charge is 0.151 e. The number of piperazine rings is 1. The first-order valence-corrected chi connectivity index (χ1v) is 11.1. The second kappa shape index (κ2) is 6.24. The molecule has 2 aliphatic heterocycles. The van der Waals surface area contributed by atoms with Crippen molar-refractivity contribution in [1.82, 2.24) is 14.9 Å². The Morgan fingerprint density at radius 1 is 1.25 bits per heavy atom. The average Bonchev–Trinajstić information content (AvgIpc) is 3.17. The molecule has 0 amide bonds. The fraction of sp³-hybridized carbons (Fsp3) is 0.625. The lowest BCUT2D eigenvalue weighted by Gasteiger charge is -2.38. The van der Waals surface area contributed by atoms with E-state index in [4.69, 9.17) is 0 Å². The van der Waals surface area contributed by atoms with E-state index in [1.54, 1.807) is 17.7 Å². The zero-order valence-corrected chi connectivity index (χ0v) is 15.4. The third-order valence-electron chi connectivity index (χ3n) is 5.05. The molecule has 4 rings (SSSR count). The Kier molecular flexibility index (Phi) is 4.22. The maximum Gasteiger partial charge on any atom is 0.151 e. The van der Waals surface area contributed by atoms with Crippen molar-refractivity contribution in [3.05, 3.63) is 17.3 Å². The molecule has 2 fully saturated rings. The zero-order valence-electron chi connectivity index (χ0n) is 13.8. The number of thiophene rings is 1. The summed E-state index contributed by atoms with van der Waals surface area (Å²) in [6.07, 6.45) is 3.46. The van der Waals surface area contributed by atoms with Crippen LogP contribution in [0.3, 0.4) is 0 Å². The summed E-state index contributed by atoms with van der Waals surface area (Å²) in [5.41, 5.74) is 0. The first kappa shape index (κ1) is 16.2. The molecule has 2 aromatic heterocycles. The summed E-state index contributed by atoms with van der Waals surface area (Å²) in [4.78, 5) is 16.0. The second-order valence-electron chi connectivity index (χ2n) is 6.56. The lowest BCUT2D eigenvalue weighted by atomic mass is 10.2. The van der Waals surface area contributed by atoms with Crippen LogP contribution in [-0.4, -0.2) is 67.0 Å². The molecule has 0 spiro atoms. The summed E-state index contributed by atoms with van der Waals surface area (Å²) in [7, 11) is -2.81. The van der Waals surface area contributed by atoms with Gasteiger partial charge >= 0.3 is 0 Å². The van der Waals surface area contributed by atoms with E-state index in [1.807, 2.05) is 0 Å². The van der Waals surface area contributed by atoms with Crippen LogP contribution in [0.5, 0.6) is 0 Å². The summed E-state index contributed by atoms with van der Waals surface area (Å²) < 4.78 is 23.4. The maximum atomic E-state index is 11.7. The van der Waals surface area contributed by atoms with E-state index in [-0.39, 0.29) is 6.04 Å². The first-order chi connectivity index (χ1) is 11.6. The van der Waals surface area contributed by atoms with Crippen molar-refractivity contribution in [3.8, 4) is 0 Å². The number of sulfone groups is 1. The molecule has 0 saturated carbocycles. The van der Waals surface area contributed by atoms with Crippen molar-refractivity contribution < 1.29 is 8.42 Å². The summed E-state index contributed by atoms with van der Waals surface area (Å²) in [6.45, 7) is 5.74. The molecule has 0 radical (unpaired) electrons. The van der Waals surface area contributed by atoms with Gasteiger partial charge in [0, 0.05) is 37.1 Å². The molecule has 8 heteroatoms. The largest absolute Gasteiger partial charge is 0.353 e. The number of fused-ring (bicyclic) bond motifs is 1. The number of aryl methyl sites for hydroxylation is 1. The molecule has 6 nitrogen and oxygen atoms in total. The fourth-order valence-corrected chi connectivity index (χ4v) is 6.37. The summed E-state index contributed by atoms with van der Waals surface area (Å²) in [5, 5.41) is 1.15. The van der Waals surface area contributed by atoms with Gasteiger partial charge in [0.2, 0.25) is 0 Å². The van der Waals surface area contributed by atoms with Crippen molar-refractivity contribution in [3.63, 3.8) is 0 Å². The quantitative estimate of drug-likeness (QED) is 0.821. The van der Waals surface area contributed by atoms with Gasteiger partial charge in [-0.25, -0.2) is 18.4 Å². The van der Waals surface area contributed by atoms with Crippen LogP contribution < -0.4 is 4.90 Å². The Balaban J connectivity index is 1.49. The van der Waals surface area contributed by atoms with Crippen molar-refractivity contribution >= 4 is 37.2 Å². The van der Waals surface area contributed by atoms with Gasteiger partial charge in [-0.1, -0.05) is 6.92 Å². The van der Waals surface area contributed by atoms with Gasteiger partial charge in [0.15, 0.2) is 9.84 Å². The van der Waals surface area contributed by atoms with Gasteiger partial charge in [0.1, 0.15) is 17.0 Å². The normalized spacial score (nSPS) is 24.7. The van der Waals surface area contributed by atoms with Crippen LogP contribution in [0, 0.1) is 0 Å². The third kappa shape index (κ3) is 3.02. The number of nitrogens with zero attached hydrogens (tertiary/aromatic N) is 4. The maximum absolute atomic E-state index is 11.7. The Labute approximate surface area is 146 Å². The van der Waals surface area contributed by atoms with E-state index in [0.717, 1.165) is 55.1 Å². The summed E-state index contributed by atoms with van der Waals surface area (Å²) in [6, 6.07) is 2.42. The zero-order chi connectivity index (χ0) is 16.7. The molecule has 0 unspecified atom stereocenters. The number of hydrogen-bond acceptors (Lipinski definition) is 7. The van der Waals surface area contributed by atoms with Crippen LogP contribution in [0.25, 0.3) is 10.2 Å². The topological polar surface area (TPSA) is 66.4 Å². The van der Waals surface area contributed by atoms with Gasteiger partial charge in [-0.2, -0.15) is 0 Å². The average molecular weight is 367 g/mol. The highest BCUT2D eigenvalue weighted by Gasteiger charge is 2.34. The molecular weight excluding hydrogens is 344 g/mol. The molecule has 2 aliphatic rings. The van der Waals surface area contributed by atoms with Gasteiger partial charge in [0.25, 0.3) is 0 Å². The molecular formula is C16H22N4O2S2. The summed E-state index contributed by atoms with van der Waals surface area (Å²) >= 11 is 1.74. The number of aromatic nitrogens is 2. The minimum atomic E-state index is -2.81. The number of rotatable bonds is 3. The molecule has 0 aliphatic carbocycles. The number of anilines is 1. The van der Waals surface area contributed by atoms with E-state index in [0.29, 0.717) is 11.5 Å². The lowest BCUT2D eigenvalue weighted by Crippen LogP contribution is -2.51. The Morgan fingerprint density at radius 3 is 2.71 bits per heavy atom. The highest BCUT2D eigenvalue weighted by Crippen LogP contribution is 2.31. The van der Waals surface area contributed by atoms with Crippen LogP contribution >= 0.6 is 11.3 Å². The predicted octanol–water partition coefficient (Wildman–Crippen LogP) is 1.56. The van der Waals surface area contributed by atoms with Crippen molar-refractivity contribution in [1.29, 1.82) is 0 Å². The molecule has 4 heterocycles. The summed E-state index contributed by atoms with van der Waals surface area (Å²) in [5.74, 6) is 1.70. The van der Waals surface area contributed by atoms with Crippen LogP contribution in [0.15, 0.2) is 12.4 Å². The standard InChI is InChI=1S/C16H22N4O2S2/c1-2-13-9-14-15(17-11-18-16(14)23-13)20-6-4-19(5-7-20)12-3-8-24(21,22)10-12/h9,11-12H,2-8,10H2,1H3/t12-/m0/s1. The molecule has 1 atom stereocenters. The lowest BCUT2D eigenvalue weighted by molar-refractivity contribution is 0.200. The van der Waals surface area contributed by atoms with Gasteiger partial charge in [-0.05, 0) is 18.9 Å². The second-order valence-corrected chi connectivity index (χ2v) is 9.91. The van der Waals surface area contributed by atoms with E-state index in [9.17, 15) is 8.42 Å². The molecule has 0 aromatic carbocycles. The van der Waals surface area contributed by atoms with E-state index in [1.165, 1.54) is 4.88 Å². The van der Waals surface area contributed by atoms with Crippen LogP contribution in [-0.2, 0) is 16.3 Å². The fourth-order valence-electron chi connectivity index (χ4n) is 3.68. The van der Waals surface area contributed by atoms with E-state index in [2.05, 4.69) is 32.8 Å². The van der Waals surface area contributed by atoms with Crippen molar-refractivity contribution in [2.45, 2.75) is 25.8 Å². The van der Waals surface area contributed by atoms with Crippen molar-refractivity contribution in [2.75, 3.05) is 42.6 Å². The highest BCUT2D eigenvalue weighted by atomic mass is 32.2. The first-order valence-electron chi connectivity index (χ1n) is 8.48. The van der Waals surface area contributed by atoms with E-state index < -0.39 is 9.84 Å². The van der Waals surface area contributed by atoms with Gasteiger partial charge in [-0.3, -0.25) is 4.90 Å². The minimum Gasteiger partial charge on any atom is -0.353 e. The molecule has 130 valence electrons. The monoisotopic (exact) mass is 366 g/mol. The molecule has 24 heavy (non-hydrogen) atoms. The third-order valence-corrected chi connectivity index (χ3v) is 7.98. The number of hydrogen-bond donors (Lipinski definition) is 0. The Morgan fingerprint density at radius 2 is 2.04 bits per heavy atom. The molecule has 2 saturated heterocycles. The highest BCUT2D eigenvalue weighted by molar-refractivity contribution is 7.91. The van der Waals surface area contributed by atoms with Crippen LogP contribution in [0.2, 0.25) is 0 Å². The molecule has 2 aromatic rings. The SMILES string of the molecule is CCc1cc2c(N3CCN([C@H]4CCS(=O)(=O)C4)CC3)ncnc2s1.